The molecule has 0 aliphatic rings. The van der Waals surface area contributed by atoms with Crippen LogP contribution in [0.5, 0.6) is 0 Å². The van der Waals surface area contributed by atoms with E-state index in [2.05, 4.69) is 15.5 Å². The van der Waals surface area contributed by atoms with Gasteiger partial charge in [0, 0.05) is 17.0 Å². The lowest BCUT2D eigenvalue weighted by Crippen LogP contribution is -2.07. The van der Waals surface area contributed by atoms with Gasteiger partial charge in [-0.15, -0.1) is 11.3 Å². The number of nitrogens with one attached hydrogen (secondary N) is 1. The minimum absolute atomic E-state index is 0.0848. The molecular weight excluding hydrogens is 324 g/mol. The van der Waals surface area contributed by atoms with Crippen LogP contribution in [-0.2, 0) is 16.0 Å². The summed E-state index contributed by atoms with van der Waals surface area (Å²) >= 11 is 1.26. The van der Waals surface area contributed by atoms with Crippen LogP contribution in [0, 0.1) is 18.6 Å². The number of anilines is 1. The molecule has 0 bridgehead atoms. The van der Waals surface area contributed by atoms with Crippen LogP contribution < -0.4 is 5.43 Å². The van der Waals surface area contributed by atoms with Gasteiger partial charge in [-0.2, -0.15) is 5.10 Å². The molecule has 0 radical (unpaired) electrons. The lowest BCUT2D eigenvalue weighted by molar-refractivity contribution is -0.142. The van der Waals surface area contributed by atoms with E-state index in [1.54, 1.807) is 19.2 Å². The van der Waals surface area contributed by atoms with Gasteiger partial charge in [-0.25, -0.2) is 13.8 Å². The van der Waals surface area contributed by atoms with Crippen molar-refractivity contribution in [2.75, 3.05) is 12.0 Å². The average Bonchev–Trinajstić information content (AvgIpc) is 2.92. The van der Waals surface area contributed by atoms with Gasteiger partial charge in [0.15, 0.2) is 0 Å². The van der Waals surface area contributed by atoms with Crippen molar-refractivity contribution in [1.29, 1.82) is 0 Å². The Labute approximate surface area is 136 Å². The fourth-order valence-electron chi connectivity index (χ4n) is 1.73. The number of aromatic nitrogens is 1. The predicted octanol–water partition coefficient (Wildman–Crippen LogP) is 3.28. The minimum Gasteiger partial charge on any atom is -0.466 e. The van der Waals surface area contributed by atoms with Crippen LogP contribution in [0.1, 0.15) is 23.7 Å². The van der Waals surface area contributed by atoms with Crippen molar-refractivity contribution >= 4 is 28.7 Å². The maximum absolute atomic E-state index is 13.6. The molecule has 0 aliphatic heterocycles. The van der Waals surface area contributed by atoms with Crippen molar-refractivity contribution in [2.45, 2.75) is 20.3 Å². The van der Waals surface area contributed by atoms with Crippen molar-refractivity contribution in [1.82, 2.24) is 4.98 Å². The number of rotatable bonds is 6. The number of nitrogens with zero attached hydrogens (tertiary/aromatic N) is 2. The number of hydrogen-bond acceptors (Lipinski definition) is 6. The van der Waals surface area contributed by atoms with Crippen molar-refractivity contribution < 1.29 is 18.3 Å². The molecule has 0 saturated heterocycles. The van der Waals surface area contributed by atoms with Crippen molar-refractivity contribution in [3.8, 4) is 0 Å². The number of aryl methyl sites for hydroxylation is 1. The highest BCUT2D eigenvalue weighted by Gasteiger charge is 2.08. The zero-order valence-electron chi connectivity index (χ0n) is 12.6. The minimum atomic E-state index is -0.694. The highest BCUT2D eigenvalue weighted by molar-refractivity contribution is 7.13. The van der Waals surface area contributed by atoms with Crippen LogP contribution in [0.2, 0.25) is 0 Å². The summed E-state index contributed by atoms with van der Waals surface area (Å²) in [4.78, 5) is 15.5. The number of benzene rings is 1. The van der Waals surface area contributed by atoms with Gasteiger partial charge in [-0.3, -0.25) is 10.2 Å². The summed E-state index contributed by atoms with van der Waals surface area (Å²) in [5.41, 5.74) is 3.71. The van der Waals surface area contributed by atoms with Gasteiger partial charge in [0.25, 0.3) is 0 Å². The second kappa shape index (κ2) is 7.77. The number of hydrazone groups is 1. The van der Waals surface area contributed by atoms with E-state index in [0.29, 0.717) is 23.0 Å². The van der Waals surface area contributed by atoms with E-state index in [1.165, 1.54) is 23.6 Å². The van der Waals surface area contributed by atoms with Gasteiger partial charge in [0.05, 0.1) is 24.9 Å². The van der Waals surface area contributed by atoms with Crippen LogP contribution in [-0.4, -0.2) is 23.8 Å². The molecule has 122 valence electrons. The second-order valence-corrected chi connectivity index (χ2v) is 5.48. The summed E-state index contributed by atoms with van der Waals surface area (Å²) in [6.45, 7) is 3.60. The largest absolute Gasteiger partial charge is 0.466 e. The first-order chi connectivity index (χ1) is 11.0. The molecule has 0 fully saturated rings. The topological polar surface area (TPSA) is 63.6 Å². The van der Waals surface area contributed by atoms with Gasteiger partial charge < -0.3 is 4.74 Å². The molecule has 2 aromatic rings. The smallest absolute Gasteiger partial charge is 0.311 e. The van der Waals surface area contributed by atoms with Crippen molar-refractivity contribution in [3.05, 3.63) is 46.0 Å². The monoisotopic (exact) mass is 339 g/mol. The van der Waals surface area contributed by atoms with Gasteiger partial charge in [0.1, 0.15) is 11.6 Å². The van der Waals surface area contributed by atoms with Crippen LogP contribution in [0.3, 0.4) is 0 Å². The highest BCUT2D eigenvalue weighted by Crippen LogP contribution is 2.16. The Hall–Kier alpha value is -2.35. The van der Waals surface area contributed by atoms with E-state index in [4.69, 9.17) is 4.74 Å². The Bertz CT molecular complexity index is 732. The lowest BCUT2D eigenvalue weighted by atomic mass is 10.1. The molecule has 0 unspecified atom stereocenters. The SMILES string of the molecule is CCOC(=O)Cc1csc(NN=Cc2cc(C)c(F)cc2F)n1. The zero-order chi connectivity index (χ0) is 16.8. The summed E-state index contributed by atoms with van der Waals surface area (Å²) in [5, 5.41) is 6.03. The van der Waals surface area contributed by atoms with Gasteiger partial charge in [-0.1, -0.05) is 0 Å². The lowest BCUT2D eigenvalue weighted by Gasteiger charge is -2.00. The molecule has 0 amide bonds. The molecular formula is C15H15F2N3O2S. The molecule has 5 nitrogen and oxygen atoms in total. The summed E-state index contributed by atoms with van der Waals surface area (Å²) in [5.74, 6) is -1.64. The second-order valence-electron chi connectivity index (χ2n) is 4.62. The summed E-state index contributed by atoms with van der Waals surface area (Å²) in [7, 11) is 0. The molecule has 1 N–H and O–H groups in total. The first-order valence-corrected chi connectivity index (χ1v) is 7.72. The van der Waals surface area contributed by atoms with E-state index < -0.39 is 11.6 Å². The van der Waals surface area contributed by atoms with E-state index in [9.17, 15) is 13.6 Å². The number of esters is 1. The Balaban J connectivity index is 1.97. The Morgan fingerprint density at radius 1 is 1.43 bits per heavy atom. The number of hydrogen-bond donors (Lipinski definition) is 1. The fourth-order valence-corrected chi connectivity index (χ4v) is 2.39. The maximum atomic E-state index is 13.6. The summed E-state index contributed by atoms with van der Waals surface area (Å²) in [6.07, 6.45) is 1.33. The molecule has 1 heterocycles. The zero-order valence-corrected chi connectivity index (χ0v) is 13.4. The fraction of sp³-hybridized carbons (Fsp3) is 0.267. The highest BCUT2D eigenvalue weighted by atomic mass is 32.1. The quantitative estimate of drug-likeness (QED) is 0.498. The number of carbonyl (C=O) groups excluding carboxylic acids is 1. The standard InChI is InChI=1S/C15H15F2N3O2S/c1-3-22-14(21)5-11-8-23-15(19-11)20-18-7-10-4-9(2)12(16)6-13(10)17/h4,6-8H,3,5H2,1-2H3,(H,19,20). The molecule has 1 aromatic carbocycles. The number of carbonyl (C=O) groups is 1. The van der Waals surface area contributed by atoms with E-state index in [1.807, 2.05) is 0 Å². The van der Waals surface area contributed by atoms with Gasteiger partial charge >= 0.3 is 5.97 Å². The van der Waals surface area contributed by atoms with Crippen molar-refractivity contribution in [2.24, 2.45) is 5.10 Å². The normalized spacial score (nSPS) is 11.0. The third kappa shape index (κ3) is 4.82. The number of thiazole rings is 1. The summed E-state index contributed by atoms with van der Waals surface area (Å²) < 4.78 is 31.5. The third-order valence-corrected chi connectivity index (χ3v) is 3.62. The first kappa shape index (κ1) is 17.0. The van der Waals surface area contributed by atoms with Gasteiger partial charge in [-0.05, 0) is 25.5 Å². The molecule has 0 atom stereocenters. The van der Waals surface area contributed by atoms with Crippen LogP contribution in [0.15, 0.2) is 22.6 Å². The first-order valence-electron chi connectivity index (χ1n) is 6.84. The van der Waals surface area contributed by atoms with E-state index >= 15 is 0 Å². The molecule has 1 aromatic heterocycles. The summed E-state index contributed by atoms with van der Waals surface area (Å²) in [6, 6.07) is 2.18. The molecule has 0 saturated carbocycles. The van der Waals surface area contributed by atoms with E-state index in [0.717, 1.165) is 6.07 Å². The molecule has 23 heavy (non-hydrogen) atoms. The molecule has 2 rings (SSSR count). The number of ether oxygens (including phenoxy) is 1. The van der Waals surface area contributed by atoms with Crippen LogP contribution in [0.25, 0.3) is 0 Å². The third-order valence-electron chi connectivity index (χ3n) is 2.82. The van der Waals surface area contributed by atoms with E-state index in [-0.39, 0.29) is 18.0 Å². The van der Waals surface area contributed by atoms with Crippen molar-refractivity contribution in [3.63, 3.8) is 0 Å². The Kier molecular flexibility index (Phi) is 5.75. The maximum Gasteiger partial charge on any atom is 0.311 e. The Morgan fingerprint density at radius 3 is 2.96 bits per heavy atom. The molecule has 8 heteroatoms. The van der Waals surface area contributed by atoms with Crippen LogP contribution in [0.4, 0.5) is 13.9 Å². The molecule has 0 aliphatic carbocycles. The van der Waals surface area contributed by atoms with Crippen LogP contribution >= 0.6 is 11.3 Å². The average molecular weight is 339 g/mol. The molecule has 0 spiro atoms. The number of halogens is 2. The Morgan fingerprint density at radius 2 is 2.22 bits per heavy atom. The predicted molar refractivity (Wildman–Crippen MR) is 84.8 cm³/mol. The van der Waals surface area contributed by atoms with Gasteiger partial charge in [0.2, 0.25) is 5.13 Å².